The van der Waals surface area contributed by atoms with Crippen molar-refractivity contribution in [3.63, 3.8) is 0 Å². The molecular weight excluding hydrogens is 229 g/mol. The van der Waals surface area contributed by atoms with Gasteiger partial charge in [-0.15, -0.1) is 0 Å². The highest BCUT2D eigenvalue weighted by atomic mass is 19.1. The third-order valence-corrected chi connectivity index (χ3v) is 2.66. The van der Waals surface area contributed by atoms with Crippen LogP contribution in [0.4, 0.5) is 15.9 Å². The van der Waals surface area contributed by atoms with E-state index in [0.29, 0.717) is 5.82 Å². The second-order valence-corrected chi connectivity index (χ2v) is 3.91. The Bertz CT molecular complexity index is 697. The third-order valence-electron chi connectivity index (χ3n) is 2.66. The second kappa shape index (κ2) is 4.41. The molecule has 0 aliphatic rings. The van der Waals surface area contributed by atoms with E-state index >= 15 is 0 Å². The fraction of sp³-hybridized carbons (Fsp3) is 0. The highest BCUT2D eigenvalue weighted by Crippen LogP contribution is 2.21. The quantitative estimate of drug-likeness (QED) is 0.695. The Kier molecular flexibility index (Phi) is 2.61. The largest absolute Gasteiger partial charge is 0.340 e. The van der Waals surface area contributed by atoms with Crippen molar-refractivity contribution in [2.75, 3.05) is 5.32 Å². The Morgan fingerprint density at radius 1 is 0.889 bits per heavy atom. The van der Waals surface area contributed by atoms with Gasteiger partial charge in [-0.3, -0.25) is 0 Å². The summed E-state index contributed by atoms with van der Waals surface area (Å²) < 4.78 is 12.9. The van der Waals surface area contributed by atoms with E-state index in [9.17, 15) is 4.39 Å². The summed E-state index contributed by atoms with van der Waals surface area (Å²) in [5.74, 6) is -0.105. The first-order valence-corrected chi connectivity index (χ1v) is 5.55. The molecule has 3 aromatic rings. The number of aromatic nitrogens is 2. The summed E-state index contributed by atoms with van der Waals surface area (Å²) in [4.78, 5) is 7.37. The van der Waals surface area contributed by atoms with Gasteiger partial charge in [0.15, 0.2) is 0 Å². The Balaban J connectivity index is 1.95. The van der Waals surface area contributed by atoms with Gasteiger partial charge < -0.3 is 5.32 Å². The second-order valence-electron chi connectivity index (χ2n) is 3.91. The van der Waals surface area contributed by atoms with Crippen LogP contribution >= 0.6 is 0 Å². The monoisotopic (exact) mass is 239 g/mol. The van der Waals surface area contributed by atoms with Gasteiger partial charge in [0.05, 0.1) is 0 Å². The van der Waals surface area contributed by atoms with Crippen LogP contribution in [0, 0.1) is 5.95 Å². The zero-order valence-electron chi connectivity index (χ0n) is 9.47. The van der Waals surface area contributed by atoms with E-state index in [1.54, 1.807) is 0 Å². The molecule has 0 aliphatic heterocycles. The molecule has 18 heavy (non-hydrogen) atoms. The van der Waals surface area contributed by atoms with Crippen LogP contribution in [0.1, 0.15) is 0 Å². The van der Waals surface area contributed by atoms with Gasteiger partial charge >= 0.3 is 0 Å². The average molecular weight is 239 g/mol. The predicted molar refractivity (Wildman–Crippen MR) is 69.2 cm³/mol. The normalized spacial score (nSPS) is 10.5. The van der Waals surface area contributed by atoms with Crippen LogP contribution in [0.2, 0.25) is 0 Å². The van der Waals surface area contributed by atoms with E-state index < -0.39 is 5.95 Å². The van der Waals surface area contributed by atoms with Crippen LogP contribution in [0.15, 0.2) is 54.9 Å². The van der Waals surface area contributed by atoms with Crippen molar-refractivity contribution in [1.29, 1.82) is 0 Å². The number of fused-ring (bicyclic) bond motifs is 1. The van der Waals surface area contributed by atoms with Crippen molar-refractivity contribution in [3.8, 4) is 0 Å². The molecule has 1 heterocycles. The number of hydrogen-bond donors (Lipinski definition) is 1. The van der Waals surface area contributed by atoms with Gasteiger partial charge in [0.2, 0.25) is 5.95 Å². The first-order valence-electron chi connectivity index (χ1n) is 5.55. The lowest BCUT2D eigenvalue weighted by molar-refractivity contribution is 0.580. The Morgan fingerprint density at radius 2 is 1.72 bits per heavy atom. The summed E-state index contributed by atoms with van der Waals surface area (Å²) in [6.45, 7) is 0. The van der Waals surface area contributed by atoms with Crippen LogP contribution in [-0.4, -0.2) is 9.97 Å². The minimum absolute atomic E-state index is 0.442. The SMILES string of the molecule is Fc1cc(Nc2ccc3ccccc3c2)ncn1. The maximum atomic E-state index is 12.9. The Morgan fingerprint density at radius 3 is 2.56 bits per heavy atom. The summed E-state index contributed by atoms with van der Waals surface area (Å²) in [5.41, 5.74) is 0.867. The van der Waals surface area contributed by atoms with E-state index in [0.717, 1.165) is 16.5 Å². The summed E-state index contributed by atoms with van der Waals surface area (Å²) in [6, 6.07) is 15.2. The summed E-state index contributed by atoms with van der Waals surface area (Å²) >= 11 is 0. The lowest BCUT2D eigenvalue weighted by Gasteiger charge is -2.06. The van der Waals surface area contributed by atoms with Gasteiger partial charge in [-0.05, 0) is 22.9 Å². The van der Waals surface area contributed by atoms with Gasteiger partial charge in [0.25, 0.3) is 0 Å². The van der Waals surface area contributed by atoms with E-state index in [2.05, 4.69) is 15.3 Å². The number of rotatable bonds is 2. The van der Waals surface area contributed by atoms with Crippen molar-refractivity contribution >= 4 is 22.3 Å². The molecule has 88 valence electrons. The fourth-order valence-electron chi connectivity index (χ4n) is 1.82. The number of nitrogens with one attached hydrogen (secondary N) is 1. The average Bonchev–Trinajstić information content (AvgIpc) is 2.39. The maximum Gasteiger partial charge on any atom is 0.218 e. The van der Waals surface area contributed by atoms with E-state index in [1.165, 1.54) is 12.4 Å². The Labute approximate surface area is 103 Å². The summed E-state index contributed by atoms with van der Waals surface area (Å²) in [7, 11) is 0. The lowest BCUT2D eigenvalue weighted by atomic mass is 10.1. The Hall–Kier alpha value is -2.49. The van der Waals surface area contributed by atoms with Crippen molar-refractivity contribution in [3.05, 3.63) is 60.8 Å². The molecule has 0 radical (unpaired) electrons. The molecule has 0 spiro atoms. The number of benzene rings is 2. The number of hydrogen-bond acceptors (Lipinski definition) is 3. The molecule has 4 heteroatoms. The molecule has 2 aromatic carbocycles. The predicted octanol–water partition coefficient (Wildman–Crippen LogP) is 3.51. The van der Waals surface area contributed by atoms with Gasteiger partial charge in [0, 0.05) is 11.8 Å². The topological polar surface area (TPSA) is 37.8 Å². The van der Waals surface area contributed by atoms with Crippen LogP contribution < -0.4 is 5.32 Å². The minimum Gasteiger partial charge on any atom is -0.340 e. The van der Waals surface area contributed by atoms with Gasteiger partial charge in [-0.25, -0.2) is 9.97 Å². The molecular formula is C14H10FN3. The van der Waals surface area contributed by atoms with Gasteiger partial charge in [0.1, 0.15) is 12.1 Å². The number of nitrogens with zero attached hydrogens (tertiary/aromatic N) is 2. The van der Waals surface area contributed by atoms with Crippen LogP contribution in [0.3, 0.4) is 0 Å². The van der Waals surface area contributed by atoms with Gasteiger partial charge in [-0.1, -0.05) is 30.3 Å². The smallest absolute Gasteiger partial charge is 0.218 e. The zero-order chi connectivity index (χ0) is 12.4. The first kappa shape index (κ1) is 10.7. The summed E-state index contributed by atoms with van der Waals surface area (Å²) in [5, 5.41) is 5.33. The molecule has 0 fully saturated rings. The highest BCUT2D eigenvalue weighted by molar-refractivity contribution is 5.86. The molecule has 3 nitrogen and oxygen atoms in total. The van der Waals surface area contributed by atoms with Crippen LogP contribution in [0.5, 0.6) is 0 Å². The number of halogens is 1. The van der Waals surface area contributed by atoms with E-state index in [1.807, 2.05) is 42.5 Å². The van der Waals surface area contributed by atoms with E-state index in [-0.39, 0.29) is 0 Å². The summed E-state index contributed by atoms with van der Waals surface area (Å²) in [6.07, 6.45) is 1.19. The highest BCUT2D eigenvalue weighted by Gasteiger charge is 1.99. The third kappa shape index (κ3) is 2.13. The molecule has 1 N–H and O–H groups in total. The molecule has 3 rings (SSSR count). The molecule has 1 aromatic heterocycles. The minimum atomic E-state index is -0.548. The molecule has 0 amide bonds. The standard InChI is InChI=1S/C14H10FN3/c15-13-8-14(17-9-16-13)18-12-6-5-10-3-1-2-4-11(10)7-12/h1-9H,(H,16,17,18). The van der Waals surface area contributed by atoms with Crippen LogP contribution in [0.25, 0.3) is 10.8 Å². The molecule has 0 aliphatic carbocycles. The molecule has 0 saturated heterocycles. The first-order chi connectivity index (χ1) is 8.81. The van der Waals surface area contributed by atoms with Crippen molar-refractivity contribution in [2.24, 2.45) is 0 Å². The molecule has 0 atom stereocenters. The van der Waals surface area contributed by atoms with Crippen molar-refractivity contribution in [1.82, 2.24) is 9.97 Å². The van der Waals surface area contributed by atoms with Gasteiger partial charge in [-0.2, -0.15) is 4.39 Å². The molecule has 0 unspecified atom stereocenters. The molecule has 0 bridgehead atoms. The maximum absolute atomic E-state index is 12.9. The van der Waals surface area contributed by atoms with Crippen molar-refractivity contribution in [2.45, 2.75) is 0 Å². The molecule has 0 saturated carbocycles. The number of anilines is 2. The van der Waals surface area contributed by atoms with E-state index in [4.69, 9.17) is 0 Å². The fourth-order valence-corrected chi connectivity index (χ4v) is 1.82. The van der Waals surface area contributed by atoms with Crippen LogP contribution in [-0.2, 0) is 0 Å². The van der Waals surface area contributed by atoms with Crippen molar-refractivity contribution < 1.29 is 4.39 Å². The zero-order valence-corrected chi connectivity index (χ0v) is 9.47. The lowest BCUT2D eigenvalue weighted by Crippen LogP contribution is -1.95.